The summed E-state index contributed by atoms with van der Waals surface area (Å²) in [6, 6.07) is 0. The standard InChI is InChI=1S/C11H10.2CH3.Ti/c1-2-6-10(5-1)9-11-7-3-4-8-11;;;/h1,3,5,7H,2,4,9H2;2*1H3;/q-2;2*-1;+4. The zero-order valence-corrected chi connectivity index (χ0v) is 10.5. The van der Waals surface area contributed by atoms with Gasteiger partial charge in [-0.25, -0.2) is 23.3 Å². The van der Waals surface area contributed by atoms with E-state index in [0.29, 0.717) is 0 Å². The number of hydrogen-bond acceptors (Lipinski definition) is 0. The van der Waals surface area contributed by atoms with Gasteiger partial charge in [-0.1, -0.05) is 6.42 Å². The molecule has 0 heterocycles. The van der Waals surface area contributed by atoms with Gasteiger partial charge in [0.2, 0.25) is 0 Å². The molecule has 0 N–H and O–H groups in total. The van der Waals surface area contributed by atoms with Gasteiger partial charge in [0.15, 0.2) is 0 Å². The molecule has 0 aromatic carbocycles. The molecule has 2 rings (SSSR count). The van der Waals surface area contributed by atoms with E-state index in [4.69, 9.17) is 0 Å². The Kier molecular flexibility index (Phi) is 9.23. The monoisotopic (exact) mass is 220 g/mol. The third-order valence-corrected chi connectivity index (χ3v) is 1.91. The summed E-state index contributed by atoms with van der Waals surface area (Å²) in [6.07, 6.45) is 18.2. The van der Waals surface area contributed by atoms with Gasteiger partial charge < -0.3 is 14.9 Å². The third kappa shape index (κ3) is 4.26. The van der Waals surface area contributed by atoms with Crippen molar-refractivity contribution in [1.82, 2.24) is 0 Å². The van der Waals surface area contributed by atoms with Gasteiger partial charge in [0.25, 0.3) is 0 Å². The van der Waals surface area contributed by atoms with Crippen molar-refractivity contribution >= 4 is 0 Å². The first-order valence-electron chi connectivity index (χ1n) is 3.97. The minimum Gasteiger partial charge on any atom is -0.358 e. The Labute approximate surface area is 103 Å². The molecule has 0 aromatic heterocycles. The van der Waals surface area contributed by atoms with E-state index in [9.17, 15) is 0 Å². The fourth-order valence-corrected chi connectivity index (χ4v) is 1.35. The van der Waals surface area contributed by atoms with E-state index >= 15 is 0 Å². The summed E-state index contributed by atoms with van der Waals surface area (Å²) < 4.78 is 0. The molecule has 0 saturated carbocycles. The van der Waals surface area contributed by atoms with Crippen molar-refractivity contribution in [2.75, 3.05) is 0 Å². The number of rotatable bonds is 2. The summed E-state index contributed by atoms with van der Waals surface area (Å²) in [7, 11) is 0. The van der Waals surface area contributed by atoms with E-state index in [-0.39, 0.29) is 36.6 Å². The molecule has 72 valence electrons. The maximum atomic E-state index is 3.29. The van der Waals surface area contributed by atoms with Crippen LogP contribution in [-0.4, -0.2) is 0 Å². The molecule has 0 bridgehead atoms. The summed E-state index contributed by atoms with van der Waals surface area (Å²) in [5.74, 6) is 0. The molecule has 0 spiro atoms. The third-order valence-electron chi connectivity index (χ3n) is 1.91. The normalized spacial score (nSPS) is 16.3. The second-order valence-electron chi connectivity index (χ2n) is 2.79. The van der Waals surface area contributed by atoms with Gasteiger partial charge in [-0.2, -0.15) is 12.2 Å². The molecule has 0 unspecified atom stereocenters. The summed E-state index contributed by atoms with van der Waals surface area (Å²) in [5.41, 5.74) is 2.64. The zero-order chi connectivity index (χ0) is 7.52. The SMILES string of the molecule is [C-]1=C(CC2=[C-]CC=C2)C=CC1.[CH3-].[CH3-].[Ti+4]. The number of hydrogen-bond donors (Lipinski definition) is 0. The van der Waals surface area contributed by atoms with Crippen LogP contribution >= 0.6 is 0 Å². The molecule has 0 aliphatic heterocycles. The number of allylic oxidation sites excluding steroid dienone is 8. The second kappa shape index (κ2) is 8.02. The van der Waals surface area contributed by atoms with Gasteiger partial charge in [-0.15, -0.1) is 12.8 Å². The Balaban J connectivity index is 0. The topological polar surface area (TPSA) is 0 Å². The second-order valence-corrected chi connectivity index (χ2v) is 2.79. The summed E-state index contributed by atoms with van der Waals surface area (Å²) in [4.78, 5) is 0. The Hall–Kier alpha value is -0.326. The first-order valence-corrected chi connectivity index (χ1v) is 3.97. The van der Waals surface area contributed by atoms with Gasteiger partial charge in [0.05, 0.1) is 0 Å². The first kappa shape index (κ1) is 16.1. The predicted octanol–water partition coefficient (Wildman–Crippen LogP) is 3.65. The van der Waals surface area contributed by atoms with Gasteiger partial charge in [-0.3, -0.25) is 12.2 Å². The van der Waals surface area contributed by atoms with Crippen LogP contribution < -0.4 is 0 Å². The van der Waals surface area contributed by atoms with Crippen molar-refractivity contribution in [1.29, 1.82) is 0 Å². The minimum absolute atomic E-state index is 0. The zero-order valence-electron chi connectivity index (χ0n) is 8.93. The predicted molar refractivity (Wildman–Crippen MR) is 58.5 cm³/mol. The molecular weight excluding hydrogens is 204 g/mol. The van der Waals surface area contributed by atoms with Crippen molar-refractivity contribution in [3.63, 3.8) is 0 Å². The Morgan fingerprint density at radius 2 is 1.36 bits per heavy atom. The van der Waals surface area contributed by atoms with Crippen LogP contribution in [0.2, 0.25) is 0 Å². The van der Waals surface area contributed by atoms with E-state index in [1.54, 1.807) is 0 Å². The molecule has 14 heavy (non-hydrogen) atoms. The van der Waals surface area contributed by atoms with Crippen molar-refractivity contribution in [2.45, 2.75) is 19.3 Å². The molecule has 0 amide bonds. The van der Waals surface area contributed by atoms with E-state index < -0.39 is 0 Å². The quantitative estimate of drug-likeness (QED) is 0.492. The van der Waals surface area contributed by atoms with Gasteiger partial charge >= 0.3 is 21.7 Å². The summed E-state index contributed by atoms with van der Waals surface area (Å²) >= 11 is 0. The minimum atomic E-state index is 0. The molecule has 0 aromatic rings. The van der Waals surface area contributed by atoms with Crippen molar-refractivity contribution in [3.8, 4) is 0 Å². The molecule has 2 aliphatic carbocycles. The Morgan fingerprint density at radius 1 is 0.929 bits per heavy atom. The van der Waals surface area contributed by atoms with E-state index in [0.717, 1.165) is 19.3 Å². The van der Waals surface area contributed by atoms with Crippen molar-refractivity contribution in [2.24, 2.45) is 0 Å². The molecule has 0 nitrogen and oxygen atoms in total. The molecule has 0 atom stereocenters. The molecule has 2 aliphatic rings. The fourth-order valence-electron chi connectivity index (χ4n) is 1.35. The van der Waals surface area contributed by atoms with Crippen LogP contribution in [0.25, 0.3) is 0 Å². The molecule has 1 heteroatoms. The van der Waals surface area contributed by atoms with Crippen LogP contribution in [0.5, 0.6) is 0 Å². The van der Waals surface area contributed by atoms with Crippen molar-refractivity contribution < 1.29 is 21.7 Å². The first-order chi connectivity index (χ1) is 5.45. The Bertz CT molecular complexity index is 239. The van der Waals surface area contributed by atoms with Gasteiger partial charge in [0.1, 0.15) is 0 Å². The summed E-state index contributed by atoms with van der Waals surface area (Å²) in [5, 5.41) is 0. The largest absolute Gasteiger partial charge is 4.00 e. The van der Waals surface area contributed by atoms with Crippen LogP contribution in [0, 0.1) is 27.0 Å². The summed E-state index contributed by atoms with van der Waals surface area (Å²) in [6.45, 7) is 0. The van der Waals surface area contributed by atoms with Crippen LogP contribution in [0.3, 0.4) is 0 Å². The average Bonchev–Trinajstić information content (AvgIpc) is 2.60. The maximum Gasteiger partial charge on any atom is 4.00 e. The van der Waals surface area contributed by atoms with Gasteiger partial charge in [-0.05, 0) is 0 Å². The van der Waals surface area contributed by atoms with E-state index in [1.807, 2.05) is 0 Å². The maximum absolute atomic E-state index is 3.29. The van der Waals surface area contributed by atoms with Crippen LogP contribution in [0.15, 0.2) is 35.5 Å². The van der Waals surface area contributed by atoms with Crippen molar-refractivity contribution in [3.05, 3.63) is 62.5 Å². The fraction of sp³-hybridized carbons (Fsp3) is 0.231. The molecule has 0 saturated heterocycles. The molecule has 0 fully saturated rings. The van der Waals surface area contributed by atoms with Crippen LogP contribution in [0.4, 0.5) is 0 Å². The van der Waals surface area contributed by atoms with Gasteiger partial charge in [0, 0.05) is 0 Å². The van der Waals surface area contributed by atoms with E-state index in [1.165, 1.54) is 11.1 Å². The van der Waals surface area contributed by atoms with E-state index in [2.05, 4.69) is 36.5 Å². The Morgan fingerprint density at radius 3 is 1.64 bits per heavy atom. The molecule has 0 radical (unpaired) electrons. The smallest absolute Gasteiger partial charge is 0.358 e. The average molecular weight is 220 g/mol. The van der Waals surface area contributed by atoms with Crippen LogP contribution in [0.1, 0.15) is 19.3 Å². The van der Waals surface area contributed by atoms with Crippen LogP contribution in [-0.2, 0) is 21.7 Å². The molecular formula is C13H16Ti.